The molecule has 0 saturated carbocycles. The molecule has 160 valence electrons. The molecule has 4 rings (SSSR count). The summed E-state index contributed by atoms with van der Waals surface area (Å²) >= 11 is 1.40. The number of aromatic nitrogens is 1. The van der Waals surface area contributed by atoms with Crippen LogP contribution < -0.4 is 15.5 Å². The van der Waals surface area contributed by atoms with E-state index in [0.29, 0.717) is 30.5 Å². The van der Waals surface area contributed by atoms with Crippen LogP contribution in [0.25, 0.3) is 0 Å². The molecular formula is C22H29N5O2S. The minimum absolute atomic E-state index is 0.0564. The number of hydrogen-bond acceptors (Lipinski definition) is 5. The molecule has 0 spiro atoms. The number of benzene rings is 1. The molecule has 8 heteroatoms. The molecule has 0 radical (unpaired) electrons. The Labute approximate surface area is 181 Å². The fraction of sp³-hybridized carbons (Fsp3) is 0.500. The number of urea groups is 1. The van der Waals surface area contributed by atoms with Crippen LogP contribution in [0.15, 0.2) is 29.6 Å². The summed E-state index contributed by atoms with van der Waals surface area (Å²) in [6.07, 6.45) is 2.79. The van der Waals surface area contributed by atoms with Crippen LogP contribution >= 0.6 is 11.3 Å². The molecule has 3 heterocycles. The zero-order chi connectivity index (χ0) is 20.9. The van der Waals surface area contributed by atoms with Gasteiger partial charge in [-0.05, 0) is 36.4 Å². The number of amides is 3. The van der Waals surface area contributed by atoms with Crippen molar-refractivity contribution in [2.75, 3.05) is 31.1 Å². The number of carbonyl (C=O) groups is 2. The van der Waals surface area contributed by atoms with Crippen LogP contribution in [0.5, 0.6) is 0 Å². The molecule has 2 N–H and O–H groups in total. The van der Waals surface area contributed by atoms with Crippen LogP contribution in [-0.2, 0) is 24.3 Å². The lowest BCUT2D eigenvalue weighted by atomic mass is 9.99. The van der Waals surface area contributed by atoms with Crippen molar-refractivity contribution in [3.05, 3.63) is 46.5 Å². The number of rotatable bonds is 7. The molecule has 30 heavy (non-hydrogen) atoms. The predicted molar refractivity (Wildman–Crippen MR) is 119 cm³/mol. The number of nitrogens with one attached hydrogen (secondary N) is 2. The third-order valence-corrected chi connectivity index (χ3v) is 6.61. The standard InChI is InChI=1S/C22H29N5O2S/c1-16-5-4-9-26(13-16)14-18-7-3-2-6-17(18)12-24-20(28)11-19-15-30-22(25-19)27-10-8-23-21(27)29/h2-3,6-7,15-16H,4-5,8-14H2,1H3,(H,23,29)(H,24,28). The average molecular weight is 428 g/mol. The van der Waals surface area contributed by atoms with E-state index in [4.69, 9.17) is 0 Å². The quantitative estimate of drug-likeness (QED) is 0.712. The van der Waals surface area contributed by atoms with E-state index in [1.807, 2.05) is 11.4 Å². The molecule has 2 fully saturated rings. The Morgan fingerprint density at radius 1 is 1.30 bits per heavy atom. The molecule has 2 aliphatic heterocycles. The molecular weight excluding hydrogens is 398 g/mol. The maximum atomic E-state index is 12.5. The van der Waals surface area contributed by atoms with Crippen molar-refractivity contribution >= 4 is 28.4 Å². The third-order valence-electron chi connectivity index (χ3n) is 5.70. The monoisotopic (exact) mass is 427 g/mol. The van der Waals surface area contributed by atoms with Gasteiger partial charge in [0.25, 0.3) is 0 Å². The molecule has 0 bridgehead atoms. The normalized spacial score (nSPS) is 19.7. The van der Waals surface area contributed by atoms with Gasteiger partial charge >= 0.3 is 6.03 Å². The lowest BCUT2D eigenvalue weighted by Crippen LogP contribution is -2.34. The highest BCUT2D eigenvalue weighted by Gasteiger charge is 2.24. The molecule has 1 aromatic heterocycles. The van der Waals surface area contributed by atoms with Crippen LogP contribution in [0.3, 0.4) is 0 Å². The average Bonchev–Trinajstić information content (AvgIpc) is 3.36. The van der Waals surface area contributed by atoms with Crippen LogP contribution in [0.4, 0.5) is 9.93 Å². The van der Waals surface area contributed by atoms with Crippen LogP contribution in [0.1, 0.15) is 36.6 Å². The van der Waals surface area contributed by atoms with E-state index < -0.39 is 0 Å². The van der Waals surface area contributed by atoms with E-state index >= 15 is 0 Å². The van der Waals surface area contributed by atoms with Gasteiger partial charge in [-0.15, -0.1) is 11.3 Å². The van der Waals surface area contributed by atoms with Crippen molar-refractivity contribution in [3.8, 4) is 0 Å². The minimum atomic E-state index is -0.125. The van der Waals surface area contributed by atoms with Gasteiger partial charge in [-0.3, -0.25) is 14.6 Å². The van der Waals surface area contributed by atoms with Crippen LogP contribution in [0, 0.1) is 5.92 Å². The summed E-state index contributed by atoms with van der Waals surface area (Å²) in [4.78, 5) is 32.8. The van der Waals surface area contributed by atoms with Crippen molar-refractivity contribution in [2.45, 2.75) is 39.3 Å². The number of nitrogens with zero attached hydrogens (tertiary/aromatic N) is 3. The van der Waals surface area contributed by atoms with E-state index in [0.717, 1.165) is 31.1 Å². The predicted octanol–water partition coefficient (Wildman–Crippen LogP) is 2.76. The number of carbonyl (C=O) groups excluding carboxylic acids is 2. The van der Waals surface area contributed by atoms with Gasteiger partial charge in [0.05, 0.1) is 12.1 Å². The fourth-order valence-corrected chi connectivity index (χ4v) is 4.98. The lowest BCUT2D eigenvalue weighted by molar-refractivity contribution is -0.120. The smallest absolute Gasteiger partial charge is 0.323 e. The van der Waals surface area contributed by atoms with E-state index in [1.54, 1.807) is 4.90 Å². The fourth-order valence-electron chi connectivity index (χ4n) is 4.13. The zero-order valence-corrected chi connectivity index (χ0v) is 18.2. The van der Waals surface area contributed by atoms with E-state index in [1.165, 1.54) is 29.7 Å². The Balaban J connectivity index is 1.31. The Hall–Kier alpha value is -2.45. The summed E-state index contributed by atoms with van der Waals surface area (Å²) < 4.78 is 0. The van der Waals surface area contributed by atoms with Gasteiger partial charge < -0.3 is 10.6 Å². The van der Waals surface area contributed by atoms with E-state index in [9.17, 15) is 9.59 Å². The molecule has 3 amide bonds. The molecule has 1 atom stereocenters. The van der Waals surface area contributed by atoms with Gasteiger partial charge in [0.1, 0.15) is 0 Å². The summed E-state index contributed by atoms with van der Waals surface area (Å²) in [5.41, 5.74) is 3.14. The van der Waals surface area contributed by atoms with Gasteiger partial charge in [0.2, 0.25) is 5.91 Å². The van der Waals surface area contributed by atoms with Crippen molar-refractivity contribution in [1.29, 1.82) is 0 Å². The summed E-state index contributed by atoms with van der Waals surface area (Å²) in [5.74, 6) is 0.694. The molecule has 2 saturated heterocycles. The Kier molecular flexibility index (Phi) is 6.64. The summed E-state index contributed by atoms with van der Waals surface area (Å²) in [7, 11) is 0. The van der Waals surface area contributed by atoms with E-state index in [-0.39, 0.29) is 18.4 Å². The lowest BCUT2D eigenvalue weighted by Gasteiger charge is -2.31. The van der Waals surface area contributed by atoms with Crippen molar-refractivity contribution < 1.29 is 9.59 Å². The first-order chi connectivity index (χ1) is 14.6. The minimum Gasteiger partial charge on any atom is -0.352 e. The first-order valence-corrected chi connectivity index (χ1v) is 11.5. The second kappa shape index (κ2) is 9.57. The number of piperidine rings is 1. The highest BCUT2D eigenvalue weighted by atomic mass is 32.1. The van der Waals surface area contributed by atoms with Crippen LogP contribution in [-0.4, -0.2) is 48.0 Å². The first-order valence-electron chi connectivity index (χ1n) is 10.6. The molecule has 1 aromatic carbocycles. The topological polar surface area (TPSA) is 77.6 Å². The zero-order valence-electron chi connectivity index (χ0n) is 17.4. The second-order valence-corrected chi connectivity index (χ2v) is 9.05. The number of likely N-dealkylation sites (tertiary alicyclic amines) is 1. The van der Waals surface area contributed by atoms with Crippen molar-refractivity contribution in [1.82, 2.24) is 20.5 Å². The highest BCUT2D eigenvalue weighted by molar-refractivity contribution is 7.14. The SMILES string of the molecule is CC1CCCN(Cc2ccccc2CNC(=O)Cc2csc(N3CCNC3=O)n2)C1. The molecule has 7 nitrogen and oxygen atoms in total. The Morgan fingerprint density at radius 2 is 2.13 bits per heavy atom. The number of anilines is 1. The highest BCUT2D eigenvalue weighted by Crippen LogP contribution is 2.22. The van der Waals surface area contributed by atoms with Gasteiger partial charge in [0, 0.05) is 38.1 Å². The van der Waals surface area contributed by atoms with Crippen LogP contribution in [0.2, 0.25) is 0 Å². The molecule has 2 aliphatic rings. The summed E-state index contributed by atoms with van der Waals surface area (Å²) in [6, 6.07) is 8.22. The third kappa shape index (κ3) is 5.17. The Morgan fingerprint density at radius 3 is 2.90 bits per heavy atom. The molecule has 0 aliphatic carbocycles. The Bertz CT molecular complexity index is 899. The first kappa shape index (κ1) is 20.8. The largest absolute Gasteiger partial charge is 0.352 e. The molecule has 1 unspecified atom stereocenters. The van der Waals surface area contributed by atoms with Gasteiger partial charge in [0.15, 0.2) is 5.13 Å². The van der Waals surface area contributed by atoms with Crippen molar-refractivity contribution in [2.24, 2.45) is 5.92 Å². The van der Waals surface area contributed by atoms with Crippen molar-refractivity contribution in [3.63, 3.8) is 0 Å². The molecule has 2 aromatic rings. The van der Waals surface area contributed by atoms with Gasteiger partial charge in [-0.2, -0.15) is 0 Å². The number of thiazole rings is 1. The second-order valence-electron chi connectivity index (χ2n) is 8.21. The van der Waals surface area contributed by atoms with Gasteiger partial charge in [-0.1, -0.05) is 31.2 Å². The summed E-state index contributed by atoms with van der Waals surface area (Å²) in [6.45, 7) is 7.30. The number of hydrogen-bond donors (Lipinski definition) is 2. The maximum Gasteiger partial charge on any atom is 0.323 e. The van der Waals surface area contributed by atoms with Gasteiger partial charge in [-0.25, -0.2) is 9.78 Å². The van der Waals surface area contributed by atoms with E-state index in [2.05, 4.69) is 45.6 Å². The summed E-state index contributed by atoms with van der Waals surface area (Å²) in [5, 5.41) is 8.30. The maximum absolute atomic E-state index is 12.5.